The van der Waals surface area contributed by atoms with E-state index in [0.717, 1.165) is 33.2 Å². The number of thiophene rings is 1. The Morgan fingerprint density at radius 3 is 2.68 bits per heavy atom. The van der Waals surface area contributed by atoms with Crippen molar-refractivity contribution >= 4 is 50.3 Å². The van der Waals surface area contributed by atoms with E-state index in [2.05, 4.69) is 74.3 Å². The van der Waals surface area contributed by atoms with Gasteiger partial charge in [-0.15, -0.1) is 11.3 Å². The van der Waals surface area contributed by atoms with Crippen molar-refractivity contribution in [3.63, 3.8) is 0 Å². The van der Waals surface area contributed by atoms with Crippen LogP contribution in [0.3, 0.4) is 0 Å². The van der Waals surface area contributed by atoms with E-state index < -0.39 is 0 Å². The second-order valence-corrected chi connectivity index (χ2v) is 8.27. The van der Waals surface area contributed by atoms with Crippen molar-refractivity contribution in [2.75, 3.05) is 0 Å². The molecule has 4 rings (SSSR count). The molecule has 2 aromatic carbocycles. The summed E-state index contributed by atoms with van der Waals surface area (Å²) in [6, 6.07) is 20.2. The highest BCUT2D eigenvalue weighted by atomic mass is 79.9. The number of hydrogen-bond acceptors (Lipinski definition) is 3. The summed E-state index contributed by atoms with van der Waals surface area (Å²) in [6.07, 6.45) is 1.74. The second kappa shape index (κ2) is 8.12. The number of amides is 1. The molecule has 0 atom stereocenters. The maximum atomic E-state index is 12.1. The highest BCUT2D eigenvalue weighted by molar-refractivity contribution is 9.10. The lowest BCUT2D eigenvalue weighted by atomic mass is 10.1. The first kappa shape index (κ1) is 18.7. The van der Waals surface area contributed by atoms with Gasteiger partial charge in [0.2, 0.25) is 0 Å². The standard InChI is InChI=1S/C22H18BrN3OS/c1-15-19(13-24-25-22(27)21-7-4-12-28-21)18-5-2-3-6-20(18)26(15)14-16-8-10-17(23)11-9-16/h2-13H,14H2,1H3,(H,25,27)/b24-13+. The van der Waals surface area contributed by atoms with Crippen LogP contribution in [0.25, 0.3) is 10.9 Å². The van der Waals surface area contributed by atoms with Crippen molar-refractivity contribution < 1.29 is 4.79 Å². The van der Waals surface area contributed by atoms with Crippen LogP contribution < -0.4 is 5.43 Å². The Morgan fingerprint density at radius 2 is 1.93 bits per heavy atom. The van der Waals surface area contributed by atoms with Crippen molar-refractivity contribution in [1.82, 2.24) is 9.99 Å². The molecule has 2 aromatic heterocycles. The SMILES string of the molecule is Cc1c(/C=N/NC(=O)c2cccs2)c2ccccc2n1Cc1ccc(Br)cc1. The zero-order valence-corrected chi connectivity index (χ0v) is 17.6. The predicted molar refractivity (Wildman–Crippen MR) is 119 cm³/mol. The van der Waals surface area contributed by atoms with Crippen molar-refractivity contribution in [3.05, 3.63) is 92.2 Å². The smallest absolute Gasteiger partial charge is 0.281 e. The molecule has 0 fully saturated rings. The van der Waals surface area contributed by atoms with E-state index in [1.165, 1.54) is 16.9 Å². The number of nitrogens with zero attached hydrogens (tertiary/aromatic N) is 2. The number of aromatic nitrogens is 1. The molecule has 2 heterocycles. The van der Waals surface area contributed by atoms with Gasteiger partial charge in [0.1, 0.15) is 0 Å². The Bertz CT molecular complexity index is 1140. The van der Waals surface area contributed by atoms with Gasteiger partial charge in [-0.3, -0.25) is 4.79 Å². The summed E-state index contributed by atoms with van der Waals surface area (Å²) in [7, 11) is 0. The third-order valence-electron chi connectivity index (χ3n) is 4.64. The minimum Gasteiger partial charge on any atom is -0.340 e. The molecule has 140 valence electrons. The van der Waals surface area contributed by atoms with Crippen LogP contribution in [-0.4, -0.2) is 16.7 Å². The normalized spacial score (nSPS) is 11.4. The molecule has 4 aromatic rings. The highest BCUT2D eigenvalue weighted by Gasteiger charge is 2.13. The second-order valence-electron chi connectivity index (χ2n) is 6.41. The van der Waals surface area contributed by atoms with Gasteiger partial charge in [0.05, 0.1) is 11.1 Å². The van der Waals surface area contributed by atoms with Gasteiger partial charge in [-0.25, -0.2) is 5.43 Å². The van der Waals surface area contributed by atoms with Gasteiger partial charge in [-0.05, 0) is 42.1 Å². The zero-order valence-electron chi connectivity index (χ0n) is 15.2. The molecule has 0 aliphatic rings. The Labute approximate surface area is 175 Å². The molecule has 6 heteroatoms. The van der Waals surface area contributed by atoms with Gasteiger partial charge < -0.3 is 4.57 Å². The number of halogens is 1. The molecule has 0 unspecified atom stereocenters. The summed E-state index contributed by atoms with van der Waals surface area (Å²) >= 11 is 4.88. The molecule has 4 nitrogen and oxygen atoms in total. The Balaban J connectivity index is 1.65. The fourth-order valence-electron chi connectivity index (χ4n) is 3.22. The van der Waals surface area contributed by atoms with Crippen molar-refractivity contribution in [3.8, 4) is 0 Å². The number of carbonyl (C=O) groups excluding carboxylic acids is 1. The van der Waals surface area contributed by atoms with Gasteiger partial charge >= 0.3 is 0 Å². The van der Waals surface area contributed by atoms with Crippen LogP contribution in [0.4, 0.5) is 0 Å². The molecule has 1 amide bonds. The maximum absolute atomic E-state index is 12.1. The number of nitrogens with one attached hydrogen (secondary N) is 1. The quantitative estimate of drug-likeness (QED) is 0.312. The molecule has 0 radical (unpaired) electrons. The molecular weight excluding hydrogens is 434 g/mol. The molecule has 0 bridgehead atoms. The van der Waals surface area contributed by atoms with Crippen molar-refractivity contribution in [1.29, 1.82) is 0 Å². The average Bonchev–Trinajstić information content (AvgIpc) is 3.33. The Kier molecular flexibility index (Phi) is 5.41. The number of carbonyl (C=O) groups is 1. The number of rotatable bonds is 5. The highest BCUT2D eigenvalue weighted by Crippen LogP contribution is 2.26. The summed E-state index contributed by atoms with van der Waals surface area (Å²) in [5.74, 6) is -0.192. The average molecular weight is 452 g/mol. The van der Waals surface area contributed by atoms with Crippen LogP contribution in [0, 0.1) is 6.92 Å². The minimum atomic E-state index is -0.192. The molecule has 0 saturated carbocycles. The van der Waals surface area contributed by atoms with E-state index in [4.69, 9.17) is 0 Å². The number of hydrazone groups is 1. The summed E-state index contributed by atoms with van der Waals surface area (Å²) in [6.45, 7) is 2.86. The monoisotopic (exact) mass is 451 g/mol. The molecule has 0 spiro atoms. The Hall–Kier alpha value is -2.70. The van der Waals surface area contributed by atoms with Crippen LogP contribution in [0.2, 0.25) is 0 Å². The van der Waals surface area contributed by atoms with E-state index in [0.29, 0.717) is 4.88 Å². The number of fused-ring (bicyclic) bond motifs is 1. The summed E-state index contributed by atoms with van der Waals surface area (Å²) < 4.78 is 3.35. The number of benzene rings is 2. The first-order valence-electron chi connectivity index (χ1n) is 8.82. The van der Waals surface area contributed by atoms with E-state index in [1.54, 1.807) is 12.3 Å². The van der Waals surface area contributed by atoms with Gasteiger partial charge in [0, 0.05) is 33.2 Å². The first-order valence-corrected chi connectivity index (χ1v) is 10.5. The lowest BCUT2D eigenvalue weighted by molar-refractivity contribution is 0.0959. The lowest BCUT2D eigenvalue weighted by Gasteiger charge is -2.09. The molecule has 0 aliphatic carbocycles. The van der Waals surface area contributed by atoms with E-state index in [1.807, 2.05) is 23.6 Å². The van der Waals surface area contributed by atoms with Crippen LogP contribution in [0.15, 0.2) is 75.6 Å². The largest absolute Gasteiger partial charge is 0.340 e. The van der Waals surface area contributed by atoms with Crippen LogP contribution in [-0.2, 0) is 6.54 Å². The van der Waals surface area contributed by atoms with Crippen LogP contribution in [0.5, 0.6) is 0 Å². The lowest BCUT2D eigenvalue weighted by Crippen LogP contribution is -2.16. The Morgan fingerprint density at radius 1 is 1.14 bits per heavy atom. The van der Waals surface area contributed by atoms with Crippen molar-refractivity contribution in [2.45, 2.75) is 13.5 Å². The van der Waals surface area contributed by atoms with E-state index in [-0.39, 0.29) is 5.91 Å². The molecule has 28 heavy (non-hydrogen) atoms. The van der Waals surface area contributed by atoms with Gasteiger partial charge in [-0.2, -0.15) is 5.10 Å². The third-order valence-corrected chi connectivity index (χ3v) is 6.04. The summed E-state index contributed by atoms with van der Waals surface area (Å²) in [4.78, 5) is 12.7. The maximum Gasteiger partial charge on any atom is 0.281 e. The van der Waals surface area contributed by atoms with Gasteiger partial charge in [-0.1, -0.05) is 52.3 Å². The summed E-state index contributed by atoms with van der Waals surface area (Å²) in [5, 5.41) is 7.19. The van der Waals surface area contributed by atoms with Crippen LogP contribution in [0.1, 0.15) is 26.5 Å². The predicted octanol–water partition coefficient (Wildman–Crippen LogP) is 5.59. The van der Waals surface area contributed by atoms with Crippen molar-refractivity contribution in [2.24, 2.45) is 5.10 Å². The number of para-hydroxylation sites is 1. The fraction of sp³-hybridized carbons (Fsp3) is 0.0909. The molecule has 1 N–H and O–H groups in total. The van der Waals surface area contributed by atoms with E-state index in [9.17, 15) is 4.79 Å². The zero-order chi connectivity index (χ0) is 19.5. The first-order chi connectivity index (χ1) is 13.6. The molecular formula is C22H18BrN3OS. The third kappa shape index (κ3) is 3.79. The van der Waals surface area contributed by atoms with Gasteiger partial charge in [0.15, 0.2) is 0 Å². The fourth-order valence-corrected chi connectivity index (χ4v) is 4.09. The van der Waals surface area contributed by atoms with Gasteiger partial charge in [0.25, 0.3) is 5.91 Å². The van der Waals surface area contributed by atoms with E-state index >= 15 is 0 Å². The van der Waals surface area contributed by atoms with Crippen LogP contribution >= 0.6 is 27.3 Å². The molecule has 0 aliphatic heterocycles. The minimum absolute atomic E-state index is 0.192. The topological polar surface area (TPSA) is 46.4 Å². The molecule has 0 saturated heterocycles. The number of hydrogen-bond donors (Lipinski definition) is 1. The summed E-state index contributed by atoms with van der Waals surface area (Å²) in [5.41, 5.74) is 7.11.